The summed E-state index contributed by atoms with van der Waals surface area (Å²) in [5.74, 6) is 0.614. The zero-order valence-electron chi connectivity index (χ0n) is 14.8. The van der Waals surface area contributed by atoms with Crippen molar-refractivity contribution in [2.24, 2.45) is 0 Å². The predicted octanol–water partition coefficient (Wildman–Crippen LogP) is 4.93. The Kier molecular flexibility index (Phi) is 6.26. The van der Waals surface area contributed by atoms with Crippen LogP contribution in [0.15, 0.2) is 76.5 Å². The molecule has 0 radical (unpaired) electrons. The van der Waals surface area contributed by atoms with Crippen molar-refractivity contribution in [3.63, 3.8) is 0 Å². The molecule has 0 amide bonds. The van der Waals surface area contributed by atoms with Crippen LogP contribution in [0.3, 0.4) is 0 Å². The number of rotatable bonds is 7. The molecule has 1 unspecified atom stereocenters. The van der Waals surface area contributed by atoms with Crippen LogP contribution in [0.1, 0.15) is 5.56 Å². The summed E-state index contributed by atoms with van der Waals surface area (Å²) in [6, 6.07) is 20.3. The Bertz CT molecular complexity index is 948. The lowest BCUT2D eigenvalue weighted by atomic mass is 10.2. The van der Waals surface area contributed by atoms with Gasteiger partial charge in [-0.05, 0) is 43.3 Å². The first-order valence-electron chi connectivity index (χ1n) is 8.12. The number of hydrogen-bond donors (Lipinski definition) is 2. The number of benzene rings is 3. The number of phenolic OH excluding ortho intramolecular Hbond substituents is 1. The number of anilines is 1. The van der Waals surface area contributed by atoms with Gasteiger partial charge in [-0.1, -0.05) is 47.7 Å². The molecule has 0 aliphatic carbocycles. The average Bonchev–Trinajstić information content (AvgIpc) is 2.65. The highest BCUT2D eigenvalue weighted by atomic mass is 32.2. The van der Waals surface area contributed by atoms with Crippen LogP contribution >= 0.6 is 11.8 Å². The third kappa shape index (κ3) is 5.18. The number of ether oxygens (including phenoxy) is 1. The Hall–Kier alpha value is -2.64. The molecule has 3 rings (SSSR count). The number of aryl methyl sites for hydroxylation is 1. The van der Waals surface area contributed by atoms with Gasteiger partial charge in [-0.3, -0.25) is 4.72 Å². The molecule has 140 valence electrons. The second-order valence-electron chi connectivity index (χ2n) is 5.67. The van der Waals surface area contributed by atoms with Gasteiger partial charge in [-0.25, -0.2) is 0 Å². The van der Waals surface area contributed by atoms with Gasteiger partial charge in [0.25, 0.3) is 0 Å². The van der Waals surface area contributed by atoms with E-state index in [4.69, 9.17) is 8.92 Å². The molecular formula is C20H19NO4S2. The smallest absolute Gasteiger partial charge is 0.316 e. The van der Waals surface area contributed by atoms with Crippen LogP contribution in [0.5, 0.6) is 17.2 Å². The Morgan fingerprint density at radius 3 is 2.48 bits per heavy atom. The van der Waals surface area contributed by atoms with Gasteiger partial charge in [-0.15, -0.1) is 0 Å². The van der Waals surface area contributed by atoms with Crippen molar-refractivity contribution >= 4 is 28.7 Å². The summed E-state index contributed by atoms with van der Waals surface area (Å²) in [6.07, 6.45) is 0. The molecule has 0 bridgehead atoms. The normalized spacial score (nSPS) is 11.6. The fourth-order valence-electron chi connectivity index (χ4n) is 2.36. The van der Waals surface area contributed by atoms with E-state index in [1.54, 1.807) is 36.4 Å². The predicted molar refractivity (Wildman–Crippen MR) is 109 cm³/mol. The fourth-order valence-corrected chi connectivity index (χ4v) is 4.03. The third-order valence-electron chi connectivity index (χ3n) is 3.60. The number of methoxy groups -OCH3 is 1. The van der Waals surface area contributed by atoms with Gasteiger partial charge >= 0.3 is 11.3 Å². The van der Waals surface area contributed by atoms with Crippen LogP contribution in [-0.4, -0.2) is 16.4 Å². The maximum atomic E-state index is 12.3. The lowest BCUT2D eigenvalue weighted by Gasteiger charge is -2.13. The number of hydrogen-bond acceptors (Lipinski definition) is 5. The average molecular weight is 402 g/mol. The highest BCUT2D eigenvalue weighted by Gasteiger charge is 2.14. The SMILES string of the molecule is COc1cc(Sc2cccc(C)c2)cc(NS(=O)Oc2ccccc2)c1O. The number of phenols is 1. The van der Waals surface area contributed by atoms with E-state index < -0.39 is 11.3 Å². The van der Waals surface area contributed by atoms with Crippen molar-refractivity contribution in [3.8, 4) is 17.2 Å². The van der Waals surface area contributed by atoms with Crippen LogP contribution in [0.4, 0.5) is 5.69 Å². The van der Waals surface area contributed by atoms with Crippen LogP contribution in [-0.2, 0) is 11.3 Å². The van der Waals surface area contributed by atoms with E-state index >= 15 is 0 Å². The molecule has 0 heterocycles. The highest BCUT2D eigenvalue weighted by Crippen LogP contribution is 2.41. The Morgan fingerprint density at radius 2 is 1.78 bits per heavy atom. The minimum Gasteiger partial charge on any atom is -0.503 e. The number of aromatic hydroxyl groups is 1. The summed E-state index contributed by atoms with van der Waals surface area (Å²) in [5.41, 5.74) is 1.42. The molecule has 1 atom stereocenters. The van der Waals surface area contributed by atoms with Crippen molar-refractivity contribution in [2.45, 2.75) is 16.7 Å². The van der Waals surface area contributed by atoms with Crippen molar-refractivity contribution in [2.75, 3.05) is 11.8 Å². The van der Waals surface area contributed by atoms with Crippen LogP contribution in [0.25, 0.3) is 0 Å². The largest absolute Gasteiger partial charge is 0.503 e. The monoisotopic (exact) mass is 401 g/mol. The van der Waals surface area contributed by atoms with Crippen molar-refractivity contribution in [1.82, 2.24) is 0 Å². The van der Waals surface area contributed by atoms with E-state index in [0.29, 0.717) is 5.75 Å². The molecule has 3 aromatic carbocycles. The topological polar surface area (TPSA) is 67.8 Å². The highest BCUT2D eigenvalue weighted by molar-refractivity contribution is 7.99. The van der Waals surface area contributed by atoms with Crippen molar-refractivity contribution in [1.29, 1.82) is 0 Å². The fraction of sp³-hybridized carbons (Fsp3) is 0.100. The van der Waals surface area contributed by atoms with Crippen LogP contribution in [0.2, 0.25) is 0 Å². The molecule has 5 nitrogen and oxygen atoms in total. The van der Waals surface area contributed by atoms with Gasteiger partial charge in [-0.2, -0.15) is 4.21 Å². The number of para-hydroxylation sites is 1. The Morgan fingerprint density at radius 1 is 1.00 bits per heavy atom. The lowest BCUT2D eigenvalue weighted by molar-refractivity contribution is 0.373. The van der Waals surface area contributed by atoms with Gasteiger partial charge < -0.3 is 14.0 Å². The molecule has 0 saturated carbocycles. The van der Waals surface area contributed by atoms with E-state index in [1.165, 1.54) is 18.9 Å². The van der Waals surface area contributed by atoms with Gasteiger partial charge in [0.1, 0.15) is 5.75 Å². The van der Waals surface area contributed by atoms with Gasteiger partial charge in [0, 0.05) is 9.79 Å². The first kappa shape index (κ1) is 19.1. The number of nitrogens with one attached hydrogen (secondary N) is 1. The minimum atomic E-state index is -1.88. The van der Waals surface area contributed by atoms with Crippen LogP contribution < -0.4 is 13.6 Å². The second kappa shape index (κ2) is 8.83. The summed E-state index contributed by atoms with van der Waals surface area (Å²) in [7, 11) is 1.47. The van der Waals surface area contributed by atoms with Gasteiger partial charge in [0.15, 0.2) is 11.5 Å². The first-order valence-corrected chi connectivity index (χ1v) is 10.0. The molecule has 0 saturated heterocycles. The van der Waals surface area contributed by atoms with Crippen LogP contribution in [0, 0.1) is 6.92 Å². The molecule has 0 fully saturated rings. The van der Waals surface area contributed by atoms with E-state index in [2.05, 4.69) is 10.8 Å². The van der Waals surface area contributed by atoms with Crippen molar-refractivity contribution < 1.29 is 18.2 Å². The van der Waals surface area contributed by atoms with Gasteiger partial charge in [0.2, 0.25) is 0 Å². The zero-order valence-corrected chi connectivity index (χ0v) is 16.5. The maximum absolute atomic E-state index is 12.3. The Balaban J connectivity index is 1.82. The van der Waals surface area contributed by atoms with E-state index in [9.17, 15) is 9.32 Å². The summed E-state index contributed by atoms with van der Waals surface area (Å²) >= 11 is -0.361. The standard InChI is InChI=1S/C20H19NO4S2/c1-14-7-6-10-16(11-14)26-17-12-18(20(22)19(13-17)24-2)21-27(23)25-15-8-4-3-5-9-15/h3-13,21-22H,1-2H3. The van der Waals surface area contributed by atoms with E-state index in [0.717, 1.165) is 15.4 Å². The molecule has 0 aliphatic rings. The summed E-state index contributed by atoms with van der Waals surface area (Å²) in [5, 5.41) is 10.4. The third-order valence-corrected chi connectivity index (χ3v) is 5.29. The molecule has 0 spiro atoms. The molecule has 0 aromatic heterocycles. The summed E-state index contributed by atoms with van der Waals surface area (Å²) in [6.45, 7) is 2.03. The lowest BCUT2D eigenvalue weighted by Crippen LogP contribution is -2.11. The molecular weight excluding hydrogens is 382 g/mol. The van der Waals surface area contributed by atoms with E-state index in [-0.39, 0.29) is 17.2 Å². The molecule has 27 heavy (non-hydrogen) atoms. The molecule has 2 N–H and O–H groups in total. The first-order chi connectivity index (χ1) is 13.0. The van der Waals surface area contributed by atoms with Crippen molar-refractivity contribution in [3.05, 3.63) is 72.3 Å². The van der Waals surface area contributed by atoms with E-state index in [1.807, 2.05) is 31.2 Å². The summed E-state index contributed by atoms with van der Waals surface area (Å²) in [4.78, 5) is 1.88. The molecule has 3 aromatic rings. The quantitative estimate of drug-likeness (QED) is 0.550. The van der Waals surface area contributed by atoms with Gasteiger partial charge in [0.05, 0.1) is 12.8 Å². The molecule has 7 heteroatoms. The molecule has 0 aliphatic heterocycles. The minimum absolute atomic E-state index is 0.129. The summed E-state index contributed by atoms with van der Waals surface area (Å²) < 4.78 is 25.5. The zero-order chi connectivity index (χ0) is 19.2. The maximum Gasteiger partial charge on any atom is 0.316 e. The Labute approximate surface area is 165 Å². The second-order valence-corrected chi connectivity index (χ2v) is 7.66.